The first-order valence-electron chi connectivity index (χ1n) is 5.76. The van der Waals surface area contributed by atoms with Crippen molar-refractivity contribution in [2.75, 3.05) is 7.11 Å². The summed E-state index contributed by atoms with van der Waals surface area (Å²) in [6, 6.07) is 9.76. The highest BCUT2D eigenvalue weighted by molar-refractivity contribution is 9.09. The molecule has 0 bridgehead atoms. The van der Waals surface area contributed by atoms with Crippen molar-refractivity contribution in [3.8, 4) is 5.75 Å². The van der Waals surface area contributed by atoms with Gasteiger partial charge in [0.2, 0.25) is 0 Å². The molecule has 2 aromatic carbocycles. The molecule has 0 radical (unpaired) electrons. The van der Waals surface area contributed by atoms with Crippen LogP contribution >= 0.6 is 15.9 Å². The van der Waals surface area contributed by atoms with E-state index in [0.717, 1.165) is 11.6 Å². The maximum Gasteiger partial charge on any atom is 0.130 e. The van der Waals surface area contributed by atoms with Gasteiger partial charge in [-0.2, -0.15) is 0 Å². The zero-order valence-electron chi connectivity index (χ0n) is 10.6. The van der Waals surface area contributed by atoms with Gasteiger partial charge in [-0.3, -0.25) is 0 Å². The number of aryl methyl sites for hydroxylation is 1. The molecule has 0 heterocycles. The second kappa shape index (κ2) is 5.70. The Labute approximate surface area is 119 Å². The number of halogens is 3. The molecule has 0 aliphatic rings. The smallest absolute Gasteiger partial charge is 0.130 e. The van der Waals surface area contributed by atoms with E-state index in [1.165, 1.54) is 6.07 Å². The third kappa shape index (κ3) is 2.95. The zero-order valence-corrected chi connectivity index (χ0v) is 12.2. The van der Waals surface area contributed by atoms with Crippen molar-refractivity contribution in [2.24, 2.45) is 0 Å². The summed E-state index contributed by atoms with van der Waals surface area (Å²) in [5, 5.41) is 0. The lowest BCUT2D eigenvalue weighted by molar-refractivity contribution is 0.414. The second-order valence-corrected chi connectivity index (χ2v) is 5.18. The van der Waals surface area contributed by atoms with E-state index < -0.39 is 11.6 Å². The summed E-state index contributed by atoms with van der Waals surface area (Å²) in [6.45, 7) is 1.61. The van der Waals surface area contributed by atoms with Gasteiger partial charge in [0.1, 0.15) is 17.4 Å². The largest absolute Gasteiger partial charge is 0.497 e. The van der Waals surface area contributed by atoms with Crippen LogP contribution < -0.4 is 4.74 Å². The Morgan fingerprint density at radius 2 is 1.84 bits per heavy atom. The van der Waals surface area contributed by atoms with E-state index >= 15 is 0 Å². The average molecular weight is 327 g/mol. The first-order chi connectivity index (χ1) is 9.02. The third-order valence-electron chi connectivity index (χ3n) is 2.94. The van der Waals surface area contributed by atoms with E-state index in [2.05, 4.69) is 15.9 Å². The standard InChI is InChI=1S/C15H13BrF2O/c1-9-6-12(14(18)8-13(9)17)15(16)10-4-3-5-11(7-10)19-2/h3-8,15H,1-2H3. The Balaban J connectivity index is 2.43. The van der Waals surface area contributed by atoms with Crippen LogP contribution in [0.3, 0.4) is 0 Å². The van der Waals surface area contributed by atoms with Crippen molar-refractivity contribution < 1.29 is 13.5 Å². The molecule has 1 nitrogen and oxygen atoms in total. The summed E-state index contributed by atoms with van der Waals surface area (Å²) in [4.78, 5) is -0.345. The van der Waals surface area contributed by atoms with Crippen LogP contribution in [0.4, 0.5) is 8.78 Å². The molecule has 0 aromatic heterocycles. The highest BCUT2D eigenvalue weighted by atomic mass is 79.9. The summed E-state index contributed by atoms with van der Waals surface area (Å²) in [7, 11) is 1.57. The molecule has 0 aliphatic heterocycles. The average Bonchev–Trinajstić information content (AvgIpc) is 2.42. The summed E-state index contributed by atoms with van der Waals surface area (Å²) in [5.74, 6) is -0.402. The molecule has 2 aromatic rings. The van der Waals surface area contributed by atoms with Gasteiger partial charge in [0.15, 0.2) is 0 Å². The van der Waals surface area contributed by atoms with E-state index in [4.69, 9.17) is 4.74 Å². The van der Waals surface area contributed by atoms with Crippen molar-refractivity contribution in [1.29, 1.82) is 0 Å². The minimum absolute atomic E-state index is 0.345. The Morgan fingerprint density at radius 3 is 2.53 bits per heavy atom. The van der Waals surface area contributed by atoms with Crippen LogP contribution in [-0.4, -0.2) is 7.11 Å². The van der Waals surface area contributed by atoms with Gasteiger partial charge >= 0.3 is 0 Å². The molecule has 0 amide bonds. The fraction of sp³-hybridized carbons (Fsp3) is 0.200. The molecule has 0 saturated heterocycles. The molecular formula is C15H13BrF2O. The van der Waals surface area contributed by atoms with E-state index in [9.17, 15) is 8.78 Å². The van der Waals surface area contributed by atoms with Crippen LogP contribution in [0.15, 0.2) is 36.4 Å². The molecule has 0 saturated carbocycles. The van der Waals surface area contributed by atoms with Crippen molar-refractivity contribution in [1.82, 2.24) is 0 Å². The number of hydrogen-bond donors (Lipinski definition) is 0. The number of hydrogen-bond acceptors (Lipinski definition) is 1. The number of alkyl halides is 1. The molecule has 100 valence electrons. The Bertz CT molecular complexity index is 599. The van der Waals surface area contributed by atoms with Crippen molar-refractivity contribution >= 4 is 15.9 Å². The zero-order chi connectivity index (χ0) is 14.0. The molecule has 1 atom stereocenters. The van der Waals surface area contributed by atoms with E-state index in [1.54, 1.807) is 14.0 Å². The molecule has 0 spiro atoms. The molecule has 0 N–H and O–H groups in total. The van der Waals surface area contributed by atoms with Gasteiger partial charge in [-0.15, -0.1) is 0 Å². The van der Waals surface area contributed by atoms with E-state index in [0.29, 0.717) is 16.9 Å². The van der Waals surface area contributed by atoms with Gasteiger partial charge in [0, 0.05) is 11.6 Å². The van der Waals surface area contributed by atoms with Gasteiger partial charge < -0.3 is 4.74 Å². The van der Waals surface area contributed by atoms with Gasteiger partial charge in [0.25, 0.3) is 0 Å². The second-order valence-electron chi connectivity index (χ2n) is 4.26. The lowest BCUT2D eigenvalue weighted by atomic mass is 10.0. The summed E-state index contributed by atoms with van der Waals surface area (Å²) < 4.78 is 32.3. The van der Waals surface area contributed by atoms with Crippen LogP contribution in [0.2, 0.25) is 0 Å². The van der Waals surface area contributed by atoms with Crippen LogP contribution in [-0.2, 0) is 0 Å². The number of methoxy groups -OCH3 is 1. The molecular weight excluding hydrogens is 314 g/mol. The maximum atomic E-state index is 13.8. The molecule has 0 aliphatic carbocycles. The van der Waals surface area contributed by atoms with Crippen molar-refractivity contribution in [3.63, 3.8) is 0 Å². The maximum absolute atomic E-state index is 13.8. The van der Waals surface area contributed by atoms with Gasteiger partial charge in [-0.25, -0.2) is 8.78 Å². The minimum atomic E-state index is -0.562. The topological polar surface area (TPSA) is 9.23 Å². The summed E-state index contributed by atoms with van der Waals surface area (Å²) in [6.07, 6.45) is 0. The Hall–Kier alpha value is -1.42. The first-order valence-corrected chi connectivity index (χ1v) is 6.68. The number of rotatable bonds is 3. The van der Waals surface area contributed by atoms with Crippen LogP contribution in [0.25, 0.3) is 0 Å². The van der Waals surface area contributed by atoms with Gasteiger partial charge in [0.05, 0.1) is 11.9 Å². The normalized spacial score (nSPS) is 12.3. The van der Waals surface area contributed by atoms with Crippen molar-refractivity contribution in [3.05, 3.63) is 64.7 Å². The van der Waals surface area contributed by atoms with Gasteiger partial charge in [-0.05, 0) is 36.2 Å². The van der Waals surface area contributed by atoms with Gasteiger partial charge in [-0.1, -0.05) is 28.1 Å². The summed E-state index contributed by atoms with van der Waals surface area (Å²) >= 11 is 3.45. The van der Waals surface area contributed by atoms with E-state index in [1.807, 2.05) is 24.3 Å². The third-order valence-corrected chi connectivity index (χ3v) is 3.96. The van der Waals surface area contributed by atoms with Crippen molar-refractivity contribution in [2.45, 2.75) is 11.8 Å². The summed E-state index contributed by atoms with van der Waals surface area (Å²) in [5.41, 5.74) is 1.68. The van der Waals surface area contributed by atoms with Crippen LogP contribution in [0.1, 0.15) is 21.5 Å². The molecule has 1 unspecified atom stereocenters. The molecule has 4 heteroatoms. The highest BCUT2D eigenvalue weighted by Gasteiger charge is 2.17. The number of benzene rings is 2. The quantitative estimate of drug-likeness (QED) is 0.738. The molecule has 0 fully saturated rings. The monoisotopic (exact) mass is 326 g/mol. The van der Waals surface area contributed by atoms with E-state index in [-0.39, 0.29) is 4.83 Å². The van der Waals surface area contributed by atoms with Crippen LogP contribution in [0.5, 0.6) is 5.75 Å². The SMILES string of the molecule is COc1cccc(C(Br)c2cc(C)c(F)cc2F)c1. The lowest BCUT2D eigenvalue weighted by Gasteiger charge is -2.14. The Kier molecular flexibility index (Phi) is 4.20. The number of ether oxygens (including phenoxy) is 1. The molecule has 2 rings (SSSR count). The Morgan fingerprint density at radius 1 is 1.11 bits per heavy atom. The fourth-order valence-corrected chi connectivity index (χ4v) is 2.49. The predicted octanol–water partition coefficient (Wildman–Crippen LogP) is 4.77. The molecule has 19 heavy (non-hydrogen) atoms. The lowest BCUT2D eigenvalue weighted by Crippen LogP contribution is -1.99. The van der Waals surface area contributed by atoms with Crippen LogP contribution in [0, 0.1) is 18.6 Å². The fourth-order valence-electron chi connectivity index (χ4n) is 1.85. The predicted molar refractivity (Wildman–Crippen MR) is 74.9 cm³/mol. The first kappa shape index (κ1) is 14.0. The highest BCUT2D eigenvalue weighted by Crippen LogP contribution is 2.34. The minimum Gasteiger partial charge on any atom is -0.497 e.